The predicted octanol–water partition coefficient (Wildman–Crippen LogP) is 3.50. The minimum absolute atomic E-state index is 0.0929. The van der Waals surface area contributed by atoms with Gasteiger partial charge < -0.3 is 14.8 Å². The maximum absolute atomic E-state index is 12.6. The van der Waals surface area contributed by atoms with Crippen molar-refractivity contribution in [3.8, 4) is 6.07 Å². The molecule has 2 aromatic heterocycles. The molecule has 1 unspecified atom stereocenters. The van der Waals surface area contributed by atoms with E-state index in [0.717, 1.165) is 4.57 Å². The van der Waals surface area contributed by atoms with Gasteiger partial charge in [0.15, 0.2) is 0 Å². The first kappa shape index (κ1) is 20.7. The fourth-order valence-electron chi connectivity index (χ4n) is 2.60. The number of anilines is 2. The highest BCUT2D eigenvalue weighted by molar-refractivity contribution is 14.2. The zero-order valence-corrected chi connectivity index (χ0v) is 18.1. The van der Waals surface area contributed by atoms with E-state index in [1.807, 2.05) is 6.07 Å². The number of rotatable bonds is 5. The highest BCUT2D eigenvalue weighted by Crippen LogP contribution is 2.29. The van der Waals surface area contributed by atoms with E-state index in [1.165, 1.54) is 18.7 Å². The van der Waals surface area contributed by atoms with Crippen molar-refractivity contribution < 1.29 is 9.21 Å². The topological polar surface area (TPSA) is 137 Å². The number of hydrogen-bond donors (Lipinski definition) is 3. The van der Waals surface area contributed by atoms with Crippen molar-refractivity contribution >= 4 is 51.5 Å². The highest BCUT2D eigenvalue weighted by Gasteiger charge is 2.16. The maximum Gasteiger partial charge on any atom is 0.424 e. The fourth-order valence-corrected chi connectivity index (χ4v) is 3.80. The first-order valence-electron chi connectivity index (χ1n) is 8.14. The van der Waals surface area contributed by atoms with Crippen LogP contribution in [0.3, 0.4) is 0 Å². The third-order valence-corrected chi connectivity index (χ3v) is 5.13. The Kier molecular flexibility index (Phi) is 6.41. The van der Waals surface area contributed by atoms with Gasteiger partial charge in [0.25, 0.3) is 5.91 Å². The molecule has 9 nitrogen and oxygen atoms in total. The molecule has 0 bridgehead atoms. The molecule has 11 heteroatoms. The van der Waals surface area contributed by atoms with Gasteiger partial charge >= 0.3 is 5.76 Å². The predicted molar refractivity (Wildman–Crippen MR) is 119 cm³/mol. The molecule has 0 aliphatic rings. The van der Waals surface area contributed by atoms with Crippen LogP contribution in [-0.2, 0) is 0 Å². The zero-order valence-electron chi connectivity index (χ0n) is 15.0. The summed E-state index contributed by atoms with van der Waals surface area (Å²) in [5.41, 5.74) is 2.63. The molecule has 3 rings (SSSR count). The van der Waals surface area contributed by atoms with Crippen molar-refractivity contribution in [2.24, 2.45) is 0 Å². The standard InChI is InChI=1S/C18H14IN6O3P/c1-10-6-11(8-20)9-22-15(10)17(26)23-12-2-3-14(24-29-19)13(7-12)16(21)25-4-5-28-18(25)27/h2-7,9,21,24,29H,1H3,(H,23,26). The third kappa shape index (κ3) is 4.52. The smallest absolute Gasteiger partial charge is 0.416 e. The minimum atomic E-state index is -0.676. The molecule has 3 aromatic rings. The van der Waals surface area contributed by atoms with Gasteiger partial charge in [-0.1, -0.05) is 0 Å². The Balaban J connectivity index is 1.94. The van der Waals surface area contributed by atoms with Crippen molar-refractivity contribution in [1.29, 1.82) is 10.7 Å². The van der Waals surface area contributed by atoms with Gasteiger partial charge in [-0.05, 0) is 58.8 Å². The van der Waals surface area contributed by atoms with Crippen LogP contribution in [0.15, 0.2) is 52.1 Å². The number of halogens is 1. The molecule has 0 saturated carbocycles. The van der Waals surface area contributed by atoms with Crippen molar-refractivity contribution in [3.63, 3.8) is 0 Å². The number of pyridine rings is 1. The lowest BCUT2D eigenvalue weighted by Gasteiger charge is -2.14. The number of nitrogens with one attached hydrogen (secondary N) is 3. The number of aromatic nitrogens is 2. The van der Waals surface area contributed by atoms with Crippen LogP contribution in [0.5, 0.6) is 0 Å². The summed E-state index contributed by atoms with van der Waals surface area (Å²) < 4.78 is 5.80. The third-order valence-electron chi connectivity index (χ3n) is 3.95. The summed E-state index contributed by atoms with van der Waals surface area (Å²) in [5.74, 6) is -1.21. The maximum atomic E-state index is 12.6. The molecule has 0 saturated heterocycles. The first-order valence-corrected chi connectivity index (χ1v) is 12.2. The number of amides is 1. The van der Waals surface area contributed by atoms with Gasteiger partial charge in [0.2, 0.25) is 0 Å². The molecule has 3 N–H and O–H groups in total. The Morgan fingerprint density at radius 3 is 2.83 bits per heavy atom. The second-order valence-electron chi connectivity index (χ2n) is 5.82. The van der Waals surface area contributed by atoms with Gasteiger partial charge in [0, 0.05) is 29.5 Å². The van der Waals surface area contributed by atoms with E-state index in [4.69, 9.17) is 15.1 Å². The van der Waals surface area contributed by atoms with Crippen molar-refractivity contribution in [3.05, 3.63) is 75.9 Å². The number of carbonyl (C=O) groups is 1. The molecular weight excluding hydrogens is 506 g/mol. The summed E-state index contributed by atoms with van der Waals surface area (Å²) in [5, 5.41) is 23.2. The summed E-state index contributed by atoms with van der Waals surface area (Å²) in [6.07, 6.45) is 4.24. The largest absolute Gasteiger partial charge is 0.424 e. The Hall–Kier alpha value is -3.03. The average Bonchev–Trinajstić information content (AvgIpc) is 3.14. The van der Waals surface area contributed by atoms with Gasteiger partial charge in [-0.3, -0.25) is 10.2 Å². The minimum Gasteiger partial charge on any atom is -0.416 e. The van der Waals surface area contributed by atoms with Crippen LogP contribution in [0.4, 0.5) is 11.4 Å². The van der Waals surface area contributed by atoms with Gasteiger partial charge in [-0.2, -0.15) is 5.26 Å². The monoisotopic (exact) mass is 520 g/mol. The molecule has 1 atom stereocenters. The molecule has 0 aliphatic heterocycles. The van der Waals surface area contributed by atoms with Crippen LogP contribution >= 0.6 is 28.4 Å². The number of nitriles is 1. The van der Waals surface area contributed by atoms with E-state index in [9.17, 15) is 9.59 Å². The second kappa shape index (κ2) is 8.98. The average molecular weight is 520 g/mol. The Morgan fingerprint density at radius 1 is 1.41 bits per heavy atom. The Morgan fingerprint density at radius 2 is 2.21 bits per heavy atom. The molecule has 146 valence electrons. The second-order valence-corrected chi connectivity index (χ2v) is 7.88. The van der Waals surface area contributed by atoms with Gasteiger partial charge in [-0.15, -0.1) is 0 Å². The highest BCUT2D eigenvalue weighted by atomic mass is 127. The van der Waals surface area contributed by atoms with E-state index in [2.05, 4.69) is 37.4 Å². The summed E-state index contributed by atoms with van der Waals surface area (Å²) in [6, 6.07) is 8.56. The van der Waals surface area contributed by atoms with Gasteiger partial charge in [0.1, 0.15) is 23.9 Å². The summed E-state index contributed by atoms with van der Waals surface area (Å²) in [4.78, 5) is 28.4. The van der Waals surface area contributed by atoms with E-state index in [1.54, 1.807) is 31.2 Å². The molecule has 2 heterocycles. The molecule has 0 radical (unpaired) electrons. The zero-order chi connectivity index (χ0) is 21.0. The number of carbonyl (C=O) groups excluding carboxylic acids is 1. The van der Waals surface area contributed by atoms with E-state index in [0.29, 0.717) is 34.4 Å². The van der Waals surface area contributed by atoms with E-state index >= 15 is 0 Å². The molecule has 0 spiro atoms. The van der Waals surface area contributed by atoms with Crippen LogP contribution in [0.1, 0.15) is 27.2 Å². The SMILES string of the molecule is Cc1cc(C#N)cnc1C(=O)Nc1ccc(NPI)c(C(=N)n2ccoc2=O)c1. The number of aryl methyl sites for hydroxylation is 1. The first-order chi connectivity index (χ1) is 13.9. The summed E-state index contributed by atoms with van der Waals surface area (Å²) >= 11 is 2.16. The molecule has 1 aromatic carbocycles. The van der Waals surface area contributed by atoms with E-state index < -0.39 is 11.7 Å². The molecular formula is C18H14IN6O3P. The number of nitrogens with zero attached hydrogens (tertiary/aromatic N) is 3. The van der Waals surface area contributed by atoms with Crippen molar-refractivity contribution in [2.45, 2.75) is 6.92 Å². The molecule has 0 fully saturated rings. The lowest BCUT2D eigenvalue weighted by molar-refractivity contribution is 0.102. The van der Waals surface area contributed by atoms with Crippen LogP contribution in [0.25, 0.3) is 0 Å². The molecule has 29 heavy (non-hydrogen) atoms. The van der Waals surface area contributed by atoms with E-state index in [-0.39, 0.29) is 11.5 Å². The van der Waals surface area contributed by atoms with Crippen molar-refractivity contribution in [2.75, 3.05) is 10.4 Å². The summed E-state index contributed by atoms with van der Waals surface area (Å²) in [7, 11) is 0. The Labute approximate surface area is 180 Å². The number of oxazole rings is 1. The molecule has 1 amide bonds. The normalized spacial score (nSPS) is 10.7. The van der Waals surface area contributed by atoms with Crippen LogP contribution in [-0.4, -0.2) is 21.3 Å². The van der Waals surface area contributed by atoms with Crippen LogP contribution in [0, 0.1) is 23.7 Å². The van der Waals surface area contributed by atoms with Crippen LogP contribution in [0.2, 0.25) is 0 Å². The Bertz CT molecular complexity index is 1200. The van der Waals surface area contributed by atoms with Crippen LogP contribution < -0.4 is 16.2 Å². The quantitative estimate of drug-likeness (QED) is 0.204. The number of hydrogen-bond acceptors (Lipinski definition) is 7. The lowest BCUT2D eigenvalue weighted by atomic mass is 10.1. The fraction of sp³-hybridized carbons (Fsp3) is 0.0556. The lowest BCUT2D eigenvalue weighted by Crippen LogP contribution is -2.23. The van der Waals surface area contributed by atoms with Gasteiger partial charge in [0.05, 0.1) is 11.8 Å². The number of benzene rings is 1. The summed E-state index contributed by atoms with van der Waals surface area (Å²) in [6.45, 7) is 1.70. The molecule has 0 aliphatic carbocycles. The van der Waals surface area contributed by atoms with Gasteiger partial charge in [-0.25, -0.2) is 14.3 Å². The van der Waals surface area contributed by atoms with Crippen molar-refractivity contribution in [1.82, 2.24) is 9.55 Å².